The molecule has 0 radical (unpaired) electrons. The van der Waals surface area contributed by atoms with E-state index in [1.165, 1.54) is 6.07 Å². The third kappa shape index (κ3) is 3.99. The molecule has 1 aromatic rings. The van der Waals surface area contributed by atoms with Crippen LogP contribution in [0.1, 0.15) is 10.4 Å². The predicted molar refractivity (Wildman–Crippen MR) is 69.6 cm³/mol. The summed E-state index contributed by atoms with van der Waals surface area (Å²) in [6.07, 6.45) is 4.94. The van der Waals surface area contributed by atoms with Crippen LogP contribution in [0.2, 0.25) is 0 Å². The zero-order valence-corrected chi connectivity index (χ0v) is 10.3. The fourth-order valence-electron chi connectivity index (χ4n) is 1.24. The molecule has 1 amide bonds. The number of terminal acetylenes is 1. The molecule has 8 heteroatoms. The molecule has 0 aliphatic rings. The van der Waals surface area contributed by atoms with E-state index in [4.69, 9.17) is 12.2 Å². The second kappa shape index (κ2) is 6.75. The molecule has 0 fully saturated rings. The first-order valence-corrected chi connectivity index (χ1v) is 5.37. The monoisotopic (exact) mass is 277 g/mol. The van der Waals surface area contributed by atoms with Gasteiger partial charge in [0.05, 0.1) is 17.0 Å². The van der Waals surface area contributed by atoms with Crippen LogP contribution in [-0.2, 0) is 9.53 Å². The Kier molecular flexibility index (Phi) is 5.05. The number of benzene rings is 1. The number of non-ortho nitro benzene ring substituents is 1. The number of nitrogens with two attached hydrogens (primary N) is 1. The standard InChI is InChI=1S/C12H11N3O5/c1-2-5-14-11(16)7-20-12(17)9-6-8(15(18)19)3-4-10(9)13/h1,3-4,6H,5,7,13H2,(H,14,16). The molecule has 20 heavy (non-hydrogen) atoms. The summed E-state index contributed by atoms with van der Waals surface area (Å²) in [6, 6.07) is 3.36. The summed E-state index contributed by atoms with van der Waals surface area (Å²) in [5, 5.41) is 12.9. The number of anilines is 1. The molecule has 0 spiro atoms. The Bertz CT molecular complexity index is 591. The molecule has 0 saturated heterocycles. The maximum atomic E-state index is 11.7. The van der Waals surface area contributed by atoms with Crippen LogP contribution in [-0.4, -0.2) is 30.0 Å². The number of carbonyl (C=O) groups is 2. The Morgan fingerprint density at radius 3 is 2.80 bits per heavy atom. The van der Waals surface area contributed by atoms with Crippen LogP contribution in [0.25, 0.3) is 0 Å². The average molecular weight is 277 g/mol. The summed E-state index contributed by atoms with van der Waals surface area (Å²) >= 11 is 0. The Morgan fingerprint density at radius 1 is 1.50 bits per heavy atom. The minimum Gasteiger partial charge on any atom is -0.452 e. The lowest BCUT2D eigenvalue weighted by Crippen LogP contribution is -2.29. The number of carbonyl (C=O) groups excluding carboxylic acids is 2. The zero-order chi connectivity index (χ0) is 15.1. The van der Waals surface area contributed by atoms with Gasteiger partial charge < -0.3 is 15.8 Å². The average Bonchev–Trinajstić information content (AvgIpc) is 2.42. The van der Waals surface area contributed by atoms with Gasteiger partial charge in [-0.25, -0.2) is 4.79 Å². The lowest BCUT2D eigenvalue weighted by Gasteiger charge is -2.06. The molecule has 3 N–H and O–H groups in total. The van der Waals surface area contributed by atoms with Crippen LogP contribution in [0.15, 0.2) is 18.2 Å². The number of nitro groups is 1. The molecule has 0 bridgehead atoms. The third-order valence-electron chi connectivity index (χ3n) is 2.19. The van der Waals surface area contributed by atoms with E-state index in [0.717, 1.165) is 12.1 Å². The van der Waals surface area contributed by atoms with E-state index in [-0.39, 0.29) is 23.5 Å². The molecular formula is C12H11N3O5. The number of amides is 1. The molecule has 0 unspecified atom stereocenters. The Balaban J connectivity index is 2.73. The minimum absolute atomic E-state index is 0.00926. The highest BCUT2D eigenvalue weighted by Gasteiger charge is 2.17. The topological polar surface area (TPSA) is 125 Å². The first-order chi connectivity index (χ1) is 9.45. The van der Waals surface area contributed by atoms with Crippen molar-refractivity contribution in [3.63, 3.8) is 0 Å². The molecule has 1 rings (SSSR count). The highest BCUT2D eigenvalue weighted by Crippen LogP contribution is 2.20. The van der Waals surface area contributed by atoms with E-state index in [9.17, 15) is 19.7 Å². The van der Waals surface area contributed by atoms with Crippen LogP contribution >= 0.6 is 0 Å². The Labute approximate surface area is 114 Å². The van der Waals surface area contributed by atoms with Crippen LogP contribution in [0, 0.1) is 22.5 Å². The summed E-state index contributed by atoms with van der Waals surface area (Å²) in [4.78, 5) is 32.8. The zero-order valence-electron chi connectivity index (χ0n) is 10.3. The molecule has 0 heterocycles. The minimum atomic E-state index is -0.929. The number of esters is 1. The maximum Gasteiger partial charge on any atom is 0.341 e. The Morgan fingerprint density at radius 2 is 2.20 bits per heavy atom. The summed E-state index contributed by atoms with van der Waals surface area (Å²) in [6.45, 7) is -0.544. The van der Waals surface area contributed by atoms with Crippen LogP contribution in [0.5, 0.6) is 0 Å². The maximum absolute atomic E-state index is 11.7. The molecule has 104 valence electrons. The van der Waals surface area contributed by atoms with Crippen molar-refractivity contribution >= 4 is 23.3 Å². The number of nitrogens with zero attached hydrogens (tertiary/aromatic N) is 1. The normalized spacial score (nSPS) is 9.35. The van der Waals surface area contributed by atoms with Gasteiger partial charge in [-0.1, -0.05) is 5.92 Å². The molecule has 0 aliphatic carbocycles. The van der Waals surface area contributed by atoms with E-state index in [0.29, 0.717) is 0 Å². The molecule has 0 aliphatic heterocycles. The highest BCUT2D eigenvalue weighted by molar-refractivity contribution is 5.96. The number of nitrogens with one attached hydrogen (secondary N) is 1. The number of hydrogen-bond donors (Lipinski definition) is 2. The summed E-state index contributed by atoms with van der Waals surface area (Å²) in [5.74, 6) is 0.668. The second-order valence-electron chi connectivity index (χ2n) is 3.59. The van der Waals surface area contributed by atoms with Crippen molar-refractivity contribution in [3.05, 3.63) is 33.9 Å². The van der Waals surface area contributed by atoms with Crippen LogP contribution in [0.3, 0.4) is 0 Å². The van der Waals surface area contributed by atoms with E-state index in [2.05, 4.69) is 16.0 Å². The number of nitro benzene ring substituents is 1. The highest BCUT2D eigenvalue weighted by atomic mass is 16.6. The van der Waals surface area contributed by atoms with Gasteiger partial charge in [0.1, 0.15) is 0 Å². The van der Waals surface area contributed by atoms with Crippen molar-refractivity contribution < 1.29 is 19.2 Å². The Hall–Kier alpha value is -3.08. The van der Waals surface area contributed by atoms with Gasteiger partial charge in [0, 0.05) is 17.8 Å². The van der Waals surface area contributed by atoms with E-state index in [1.54, 1.807) is 0 Å². The van der Waals surface area contributed by atoms with Gasteiger partial charge in [0.2, 0.25) is 0 Å². The fraction of sp³-hybridized carbons (Fsp3) is 0.167. The van der Waals surface area contributed by atoms with E-state index >= 15 is 0 Å². The predicted octanol–water partition coefficient (Wildman–Crippen LogP) is 0.0832. The van der Waals surface area contributed by atoms with Gasteiger partial charge in [-0.2, -0.15) is 0 Å². The van der Waals surface area contributed by atoms with Gasteiger partial charge in [-0.15, -0.1) is 6.42 Å². The number of hydrogen-bond acceptors (Lipinski definition) is 6. The number of rotatable bonds is 5. The number of ether oxygens (including phenoxy) is 1. The lowest BCUT2D eigenvalue weighted by atomic mass is 10.1. The van der Waals surface area contributed by atoms with Crippen molar-refractivity contribution in [2.75, 3.05) is 18.9 Å². The quantitative estimate of drug-likeness (QED) is 0.258. The molecule has 1 aromatic carbocycles. The summed E-state index contributed by atoms with van der Waals surface area (Å²) < 4.78 is 4.68. The first-order valence-electron chi connectivity index (χ1n) is 5.37. The fourth-order valence-corrected chi connectivity index (χ4v) is 1.24. The smallest absolute Gasteiger partial charge is 0.341 e. The lowest BCUT2D eigenvalue weighted by molar-refractivity contribution is -0.384. The van der Waals surface area contributed by atoms with Gasteiger partial charge in [0.15, 0.2) is 6.61 Å². The van der Waals surface area contributed by atoms with E-state index < -0.39 is 23.4 Å². The second-order valence-corrected chi connectivity index (χ2v) is 3.59. The van der Waals surface area contributed by atoms with Gasteiger partial charge in [-0.05, 0) is 6.07 Å². The largest absolute Gasteiger partial charge is 0.452 e. The molecule has 0 saturated carbocycles. The summed E-state index contributed by atoms with van der Waals surface area (Å²) in [5.41, 5.74) is 5.07. The van der Waals surface area contributed by atoms with Gasteiger partial charge in [-0.3, -0.25) is 14.9 Å². The van der Waals surface area contributed by atoms with Crippen molar-refractivity contribution in [2.45, 2.75) is 0 Å². The van der Waals surface area contributed by atoms with Crippen molar-refractivity contribution in [1.82, 2.24) is 5.32 Å². The van der Waals surface area contributed by atoms with Crippen molar-refractivity contribution in [1.29, 1.82) is 0 Å². The van der Waals surface area contributed by atoms with Crippen molar-refractivity contribution in [2.24, 2.45) is 0 Å². The summed E-state index contributed by atoms with van der Waals surface area (Å²) in [7, 11) is 0. The molecule has 0 aromatic heterocycles. The number of nitrogen functional groups attached to an aromatic ring is 1. The first kappa shape index (κ1) is 15.0. The van der Waals surface area contributed by atoms with Crippen LogP contribution < -0.4 is 11.1 Å². The van der Waals surface area contributed by atoms with E-state index in [1.807, 2.05) is 0 Å². The van der Waals surface area contributed by atoms with Crippen molar-refractivity contribution in [3.8, 4) is 12.3 Å². The third-order valence-corrected chi connectivity index (χ3v) is 2.19. The molecule has 8 nitrogen and oxygen atoms in total. The van der Waals surface area contributed by atoms with Gasteiger partial charge in [0.25, 0.3) is 11.6 Å². The SMILES string of the molecule is C#CCNC(=O)COC(=O)c1cc([N+](=O)[O-])ccc1N. The molecule has 0 atom stereocenters. The molecular weight excluding hydrogens is 266 g/mol. The van der Waals surface area contributed by atoms with Gasteiger partial charge >= 0.3 is 5.97 Å². The van der Waals surface area contributed by atoms with Crippen LogP contribution in [0.4, 0.5) is 11.4 Å².